The van der Waals surface area contributed by atoms with Gasteiger partial charge in [0.25, 0.3) is 5.91 Å². The van der Waals surface area contributed by atoms with Crippen molar-refractivity contribution in [2.24, 2.45) is 0 Å². The number of halogens is 3. The van der Waals surface area contributed by atoms with Crippen molar-refractivity contribution in [1.29, 1.82) is 0 Å². The minimum Gasteiger partial charge on any atom is -0.478 e. The summed E-state index contributed by atoms with van der Waals surface area (Å²) in [7, 11) is 0. The van der Waals surface area contributed by atoms with E-state index in [-0.39, 0.29) is 21.3 Å². The van der Waals surface area contributed by atoms with Gasteiger partial charge < -0.3 is 10.4 Å². The molecule has 0 aliphatic rings. The first-order valence-electron chi connectivity index (χ1n) is 5.67. The van der Waals surface area contributed by atoms with Gasteiger partial charge in [0.2, 0.25) is 0 Å². The topological polar surface area (TPSA) is 66.4 Å². The predicted molar refractivity (Wildman–Crippen MR) is 82.8 cm³/mol. The summed E-state index contributed by atoms with van der Waals surface area (Å²) < 4.78 is 0. The molecule has 2 aromatic rings. The molecule has 0 saturated heterocycles. The van der Waals surface area contributed by atoms with Gasteiger partial charge in [0.1, 0.15) is 0 Å². The molecule has 2 rings (SSSR count). The van der Waals surface area contributed by atoms with Crippen molar-refractivity contribution in [3.8, 4) is 0 Å². The number of hydrogen-bond donors (Lipinski definition) is 2. The van der Waals surface area contributed by atoms with Crippen molar-refractivity contribution in [3.05, 3.63) is 62.6 Å². The third-order valence-electron chi connectivity index (χ3n) is 2.63. The Hall–Kier alpha value is -1.75. The van der Waals surface area contributed by atoms with Crippen LogP contribution < -0.4 is 5.32 Å². The fraction of sp³-hybridized carbons (Fsp3) is 0. The lowest BCUT2D eigenvalue weighted by molar-refractivity contribution is 0.0696. The zero-order valence-corrected chi connectivity index (χ0v) is 12.6. The van der Waals surface area contributed by atoms with Crippen LogP contribution in [0.3, 0.4) is 0 Å². The average Bonchev–Trinajstić information content (AvgIpc) is 2.43. The molecule has 2 N–H and O–H groups in total. The van der Waals surface area contributed by atoms with Gasteiger partial charge in [-0.3, -0.25) is 4.79 Å². The van der Waals surface area contributed by atoms with Crippen LogP contribution in [0.5, 0.6) is 0 Å². The van der Waals surface area contributed by atoms with Gasteiger partial charge in [0.15, 0.2) is 0 Å². The van der Waals surface area contributed by atoms with Crippen LogP contribution in [-0.4, -0.2) is 17.0 Å². The zero-order valence-electron chi connectivity index (χ0n) is 10.4. The van der Waals surface area contributed by atoms with E-state index in [0.717, 1.165) is 0 Å². The SMILES string of the molecule is O=C(O)c1cc(Cl)c(NC(=O)c2ccc(Cl)cc2)c(Cl)c1. The molecule has 0 unspecified atom stereocenters. The second kappa shape index (κ2) is 6.35. The summed E-state index contributed by atoms with van der Waals surface area (Å²) in [4.78, 5) is 22.9. The predicted octanol–water partition coefficient (Wildman–Crippen LogP) is 4.60. The molecular weight excluding hydrogens is 337 g/mol. The van der Waals surface area contributed by atoms with Gasteiger partial charge in [-0.2, -0.15) is 0 Å². The molecule has 0 fully saturated rings. The van der Waals surface area contributed by atoms with E-state index >= 15 is 0 Å². The van der Waals surface area contributed by atoms with E-state index < -0.39 is 11.9 Å². The highest BCUT2D eigenvalue weighted by Crippen LogP contribution is 2.32. The standard InChI is InChI=1S/C14H8Cl3NO3/c15-9-3-1-7(2-4-9)13(19)18-12-10(16)5-8(14(20)21)6-11(12)17/h1-6H,(H,18,19)(H,20,21). The monoisotopic (exact) mass is 343 g/mol. The number of hydrogen-bond acceptors (Lipinski definition) is 2. The molecule has 21 heavy (non-hydrogen) atoms. The lowest BCUT2D eigenvalue weighted by Crippen LogP contribution is -2.13. The molecule has 0 aliphatic carbocycles. The normalized spacial score (nSPS) is 10.2. The van der Waals surface area contributed by atoms with E-state index in [1.807, 2.05) is 0 Å². The van der Waals surface area contributed by atoms with Crippen LogP contribution in [0, 0.1) is 0 Å². The molecule has 0 heterocycles. The molecule has 0 aromatic heterocycles. The molecule has 108 valence electrons. The molecule has 7 heteroatoms. The largest absolute Gasteiger partial charge is 0.478 e. The van der Waals surface area contributed by atoms with Gasteiger partial charge in [0.05, 0.1) is 21.3 Å². The molecule has 0 atom stereocenters. The summed E-state index contributed by atoms with van der Waals surface area (Å²) >= 11 is 17.6. The summed E-state index contributed by atoms with van der Waals surface area (Å²) in [6.45, 7) is 0. The number of benzene rings is 2. The van der Waals surface area contributed by atoms with Crippen LogP contribution in [0.15, 0.2) is 36.4 Å². The lowest BCUT2D eigenvalue weighted by atomic mass is 10.2. The van der Waals surface area contributed by atoms with Crippen molar-refractivity contribution in [1.82, 2.24) is 0 Å². The van der Waals surface area contributed by atoms with Gasteiger partial charge in [0, 0.05) is 10.6 Å². The van der Waals surface area contributed by atoms with Crippen LogP contribution >= 0.6 is 34.8 Å². The average molecular weight is 345 g/mol. The van der Waals surface area contributed by atoms with Crippen molar-refractivity contribution >= 4 is 52.4 Å². The van der Waals surface area contributed by atoms with E-state index in [9.17, 15) is 9.59 Å². The number of amides is 1. The van der Waals surface area contributed by atoms with E-state index in [1.54, 1.807) is 24.3 Å². The van der Waals surface area contributed by atoms with E-state index in [1.165, 1.54) is 12.1 Å². The van der Waals surface area contributed by atoms with Gasteiger partial charge in [-0.1, -0.05) is 34.8 Å². The minimum absolute atomic E-state index is 0.0437. The molecule has 2 aromatic carbocycles. The fourth-order valence-electron chi connectivity index (χ4n) is 1.60. The summed E-state index contributed by atoms with van der Waals surface area (Å²) in [6, 6.07) is 8.68. The molecule has 0 radical (unpaired) electrons. The number of rotatable bonds is 3. The Bertz CT molecular complexity index is 691. The van der Waals surface area contributed by atoms with Crippen LogP contribution in [0.4, 0.5) is 5.69 Å². The second-order valence-corrected chi connectivity index (χ2v) is 5.33. The van der Waals surface area contributed by atoms with Gasteiger partial charge in [-0.25, -0.2) is 4.79 Å². The Kier molecular flexibility index (Phi) is 4.73. The van der Waals surface area contributed by atoms with Crippen molar-refractivity contribution in [2.75, 3.05) is 5.32 Å². The highest BCUT2D eigenvalue weighted by Gasteiger charge is 2.15. The number of nitrogens with one attached hydrogen (secondary N) is 1. The molecule has 0 spiro atoms. The number of anilines is 1. The molecular formula is C14H8Cl3NO3. The molecule has 0 aliphatic heterocycles. The first kappa shape index (κ1) is 15.6. The zero-order chi connectivity index (χ0) is 15.6. The van der Waals surface area contributed by atoms with Gasteiger partial charge in [-0.15, -0.1) is 0 Å². The smallest absolute Gasteiger partial charge is 0.335 e. The van der Waals surface area contributed by atoms with Crippen molar-refractivity contribution in [2.45, 2.75) is 0 Å². The van der Waals surface area contributed by atoms with Gasteiger partial charge in [-0.05, 0) is 36.4 Å². The van der Waals surface area contributed by atoms with Crippen LogP contribution in [-0.2, 0) is 0 Å². The summed E-state index contributed by atoms with van der Waals surface area (Å²) in [5, 5.41) is 12.0. The second-order valence-electron chi connectivity index (χ2n) is 4.08. The lowest BCUT2D eigenvalue weighted by Gasteiger charge is -2.10. The number of carboxylic acid groups (broad SMARTS) is 1. The first-order chi connectivity index (χ1) is 9.88. The Labute approximate surface area is 135 Å². The summed E-state index contributed by atoms with van der Waals surface area (Å²) in [5.41, 5.74) is 0.464. The highest BCUT2D eigenvalue weighted by atomic mass is 35.5. The maximum absolute atomic E-state index is 12.1. The third-order valence-corrected chi connectivity index (χ3v) is 3.48. The van der Waals surface area contributed by atoms with Crippen molar-refractivity contribution < 1.29 is 14.7 Å². The summed E-state index contributed by atoms with van der Waals surface area (Å²) in [5.74, 6) is -1.59. The molecule has 1 amide bonds. The Balaban J connectivity index is 2.29. The van der Waals surface area contributed by atoms with Gasteiger partial charge >= 0.3 is 5.97 Å². The minimum atomic E-state index is -1.16. The first-order valence-corrected chi connectivity index (χ1v) is 6.81. The molecule has 0 bridgehead atoms. The number of aromatic carboxylic acids is 1. The highest BCUT2D eigenvalue weighted by molar-refractivity contribution is 6.40. The fourth-order valence-corrected chi connectivity index (χ4v) is 2.31. The Morgan fingerprint density at radius 1 is 0.905 bits per heavy atom. The number of carbonyl (C=O) groups excluding carboxylic acids is 1. The van der Waals surface area contributed by atoms with Crippen molar-refractivity contribution in [3.63, 3.8) is 0 Å². The maximum Gasteiger partial charge on any atom is 0.335 e. The Morgan fingerprint density at radius 3 is 1.90 bits per heavy atom. The Morgan fingerprint density at radius 2 is 1.43 bits per heavy atom. The maximum atomic E-state index is 12.1. The number of carbonyl (C=O) groups is 2. The summed E-state index contributed by atoms with van der Waals surface area (Å²) in [6.07, 6.45) is 0. The molecule has 4 nitrogen and oxygen atoms in total. The quantitative estimate of drug-likeness (QED) is 0.855. The van der Waals surface area contributed by atoms with Crippen LogP contribution in [0.25, 0.3) is 0 Å². The molecule has 0 saturated carbocycles. The van der Waals surface area contributed by atoms with E-state index in [0.29, 0.717) is 10.6 Å². The third kappa shape index (κ3) is 3.67. The van der Waals surface area contributed by atoms with E-state index in [2.05, 4.69) is 5.32 Å². The van der Waals surface area contributed by atoms with Crippen LogP contribution in [0.1, 0.15) is 20.7 Å². The number of carboxylic acids is 1. The van der Waals surface area contributed by atoms with Crippen LogP contribution in [0.2, 0.25) is 15.1 Å². The van der Waals surface area contributed by atoms with E-state index in [4.69, 9.17) is 39.9 Å².